The predicted octanol–water partition coefficient (Wildman–Crippen LogP) is 4.42. The minimum atomic E-state index is -0.125. The molecule has 0 saturated heterocycles. The largest absolute Gasteiger partial charge is 0.338 e. The SMILES string of the molecule is CCc1cccc(CC)c1NC(=O)Cn1ccc(=O)c2cc(Cl)ccc21. The summed E-state index contributed by atoms with van der Waals surface area (Å²) in [6, 6.07) is 12.7. The molecule has 3 rings (SSSR count). The van der Waals surface area contributed by atoms with Crippen molar-refractivity contribution in [2.75, 3.05) is 5.32 Å². The van der Waals surface area contributed by atoms with Crippen molar-refractivity contribution in [3.63, 3.8) is 0 Å². The Morgan fingerprint density at radius 1 is 1.08 bits per heavy atom. The number of aromatic nitrogens is 1. The van der Waals surface area contributed by atoms with Crippen LogP contribution >= 0.6 is 11.6 Å². The first kappa shape index (κ1) is 18.2. The van der Waals surface area contributed by atoms with Crippen LogP contribution in [-0.4, -0.2) is 10.5 Å². The van der Waals surface area contributed by atoms with Gasteiger partial charge in [0.2, 0.25) is 5.91 Å². The quantitative estimate of drug-likeness (QED) is 0.724. The van der Waals surface area contributed by atoms with Gasteiger partial charge in [-0.3, -0.25) is 9.59 Å². The Morgan fingerprint density at radius 3 is 2.42 bits per heavy atom. The summed E-state index contributed by atoms with van der Waals surface area (Å²) in [6.07, 6.45) is 3.34. The van der Waals surface area contributed by atoms with Crippen molar-refractivity contribution in [3.8, 4) is 0 Å². The molecule has 0 atom stereocenters. The fourth-order valence-electron chi connectivity index (χ4n) is 3.16. The Hall–Kier alpha value is -2.59. The highest BCUT2D eigenvalue weighted by Crippen LogP contribution is 2.23. The van der Waals surface area contributed by atoms with Gasteiger partial charge in [0.15, 0.2) is 5.43 Å². The van der Waals surface area contributed by atoms with Crippen molar-refractivity contribution in [2.24, 2.45) is 0 Å². The summed E-state index contributed by atoms with van der Waals surface area (Å²) >= 11 is 6.00. The Balaban J connectivity index is 1.92. The van der Waals surface area contributed by atoms with E-state index < -0.39 is 0 Å². The van der Waals surface area contributed by atoms with Crippen LogP contribution in [0, 0.1) is 0 Å². The smallest absolute Gasteiger partial charge is 0.244 e. The van der Waals surface area contributed by atoms with Crippen LogP contribution in [0.25, 0.3) is 10.9 Å². The van der Waals surface area contributed by atoms with E-state index >= 15 is 0 Å². The molecule has 0 aliphatic rings. The van der Waals surface area contributed by atoms with E-state index in [1.807, 2.05) is 18.2 Å². The zero-order chi connectivity index (χ0) is 18.7. The second kappa shape index (κ2) is 7.75. The fourth-order valence-corrected chi connectivity index (χ4v) is 3.33. The summed E-state index contributed by atoms with van der Waals surface area (Å²) in [7, 11) is 0. The minimum Gasteiger partial charge on any atom is -0.338 e. The van der Waals surface area contributed by atoms with Crippen molar-refractivity contribution in [3.05, 3.63) is 75.0 Å². The number of nitrogens with zero attached hydrogens (tertiary/aromatic N) is 1. The molecule has 0 spiro atoms. The third-order valence-corrected chi connectivity index (χ3v) is 4.75. The van der Waals surface area contributed by atoms with Crippen molar-refractivity contribution in [2.45, 2.75) is 33.2 Å². The van der Waals surface area contributed by atoms with Crippen molar-refractivity contribution < 1.29 is 4.79 Å². The number of anilines is 1. The summed E-state index contributed by atoms with van der Waals surface area (Å²) in [5.41, 5.74) is 3.72. The van der Waals surface area contributed by atoms with Gasteiger partial charge in [-0.1, -0.05) is 43.6 Å². The van der Waals surface area contributed by atoms with Gasteiger partial charge in [0.05, 0.1) is 5.52 Å². The summed E-state index contributed by atoms with van der Waals surface area (Å²) in [5, 5.41) is 4.07. The average molecular weight is 369 g/mol. The number of para-hydroxylation sites is 1. The van der Waals surface area contributed by atoms with E-state index in [0.717, 1.165) is 29.7 Å². The fraction of sp³-hybridized carbons (Fsp3) is 0.238. The molecule has 0 bridgehead atoms. The number of carbonyl (C=O) groups is 1. The first-order valence-electron chi connectivity index (χ1n) is 8.72. The molecule has 26 heavy (non-hydrogen) atoms. The number of fused-ring (bicyclic) bond motifs is 1. The highest BCUT2D eigenvalue weighted by Gasteiger charge is 2.12. The van der Waals surface area contributed by atoms with Crippen LogP contribution in [0.5, 0.6) is 0 Å². The van der Waals surface area contributed by atoms with E-state index in [-0.39, 0.29) is 17.9 Å². The Kier molecular flexibility index (Phi) is 5.43. The molecule has 0 radical (unpaired) electrons. The monoisotopic (exact) mass is 368 g/mol. The Bertz CT molecular complexity index is 1000. The van der Waals surface area contributed by atoms with Gasteiger partial charge >= 0.3 is 0 Å². The molecule has 5 heteroatoms. The molecule has 4 nitrogen and oxygen atoms in total. The van der Waals surface area contributed by atoms with Crippen LogP contribution in [0.15, 0.2) is 53.5 Å². The lowest BCUT2D eigenvalue weighted by Gasteiger charge is -2.16. The van der Waals surface area contributed by atoms with Gasteiger partial charge < -0.3 is 9.88 Å². The molecule has 0 aliphatic heterocycles. The minimum absolute atomic E-state index is 0.108. The number of rotatable bonds is 5. The number of nitrogens with one attached hydrogen (secondary N) is 1. The predicted molar refractivity (Wildman–Crippen MR) is 107 cm³/mol. The molecule has 1 aromatic heterocycles. The number of benzene rings is 2. The second-order valence-corrected chi connectivity index (χ2v) is 6.61. The van der Waals surface area contributed by atoms with Crippen molar-refractivity contribution >= 4 is 34.1 Å². The average Bonchev–Trinajstić information content (AvgIpc) is 2.64. The third kappa shape index (κ3) is 3.65. The summed E-state index contributed by atoms with van der Waals surface area (Å²) in [6.45, 7) is 4.27. The number of amides is 1. The van der Waals surface area contributed by atoms with E-state index in [1.54, 1.807) is 29.0 Å². The molecule has 0 saturated carbocycles. The highest BCUT2D eigenvalue weighted by molar-refractivity contribution is 6.31. The number of pyridine rings is 1. The lowest BCUT2D eigenvalue weighted by Crippen LogP contribution is -2.21. The van der Waals surface area contributed by atoms with Gasteiger partial charge in [0.1, 0.15) is 6.54 Å². The number of aryl methyl sites for hydroxylation is 2. The van der Waals surface area contributed by atoms with Crippen LogP contribution in [-0.2, 0) is 24.2 Å². The van der Waals surface area contributed by atoms with Crippen LogP contribution in [0.3, 0.4) is 0 Å². The molecular weight excluding hydrogens is 348 g/mol. The highest BCUT2D eigenvalue weighted by atomic mass is 35.5. The maximum absolute atomic E-state index is 12.7. The van der Waals surface area contributed by atoms with Crippen LogP contribution < -0.4 is 10.7 Å². The second-order valence-electron chi connectivity index (χ2n) is 6.18. The van der Waals surface area contributed by atoms with Crippen molar-refractivity contribution in [1.29, 1.82) is 0 Å². The molecule has 3 aromatic rings. The van der Waals surface area contributed by atoms with Crippen LogP contribution in [0.4, 0.5) is 5.69 Å². The summed E-state index contributed by atoms with van der Waals surface area (Å²) in [4.78, 5) is 24.7. The number of carbonyl (C=O) groups excluding carboxylic acids is 1. The van der Waals surface area contributed by atoms with Crippen LogP contribution in [0.2, 0.25) is 5.02 Å². The summed E-state index contributed by atoms with van der Waals surface area (Å²) < 4.78 is 1.77. The molecule has 1 N–H and O–H groups in total. The normalized spacial score (nSPS) is 10.9. The van der Waals surface area contributed by atoms with Gasteiger partial charge in [-0.15, -0.1) is 0 Å². The first-order valence-corrected chi connectivity index (χ1v) is 9.10. The van der Waals surface area contributed by atoms with Crippen molar-refractivity contribution in [1.82, 2.24) is 4.57 Å². The number of halogens is 1. The Morgan fingerprint density at radius 2 is 1.77 bits per heavy atom. The maximum Gasteiger partial charge on any atom is 0.244 e. The zero-order valence-electron chi connectivity index (χ0n) is 14.9. The Labute approximate surface area is 157 Å². The van der Waals surface area contributed by atoms with Gasteiger partial charge in [-0.25, -0.2) is 0 Å². The van der Waals surface area contributed by atoms with Gasteiger partial charge in [-0.05, 0) is 42.2 Å². The lowest BCUT2D eigenvalue weighted by molar-refractivity contribution is -0.116. The molecule has 1 heterocycles. The van der Waals surface area contributed by atoms with E-state index in [9.17, 15) is 9.59 Å². The van der Waals surface area contributed by atoms with E-state index in [0.29, 0.717) is 15.9 Å². The maximum atomic E-state index is 12.7. The standard InChI is InChI=1S/C21H21ClN2O2/c1-3-14-6-5-7-15(4-2)21(14)23-20(26)13-24-11-10-19(25)17-12-16(22)8-9-18(17)24/h5-12H,3-4,13H2,1-2H3,(H,23,26). The van der Waals surface area contributed by atoms with Gasteiger partial charge in [-0.2, -0.15) is 0 Å². The van der Waals surface area contributed by atoms with E-state index in [4.69, 9.17) is 11.6 Å². The molecular formula is C21H21ClN2O2. The third-order valence-electron chi connectivity index (χ3n) is 4.52. The zero-order valence-corrected chi connectivity index (χ0v) is 15.6. The molecule has 0 unspecified atom stereocenters. The summed E-state index contributed by atoms with van der Waals surface area (Å²) in [5.74, 6) is -0.125. The number of hydrogen-bond donors (Lipinski definition) is 1. The van der Waals surface area contributed by atoms with E-state index in [1.165, 1.54) is 6.07 Å². The topological polar surface area (TPSA) is 51.1 Å². The molecule has 2 aromatic carbocycles. The van der Waals surface area contributed by atoms with Gasteiger partial charge in [0.25, 0.3) is 0 Å². The lowest BCUT2D eigenvalue weighted by atomic mass is 10.0. The van der Waals surface area contributed by atoms with E-state index in [2.05, 4.69) is 19.2 Å². The van der Waals surface area contributed by atoms with Crippen LogP contribution in [0.1, 0.15) is 25.0 Å². The first-order chi connectivity index (χ1) is 12.5. The molecule has 1 amide bonds. The molecule has 0 fully saturated rings. The van der Waals surface area contributed by atoms with Gasteiger partial charge in [0, 0.05) is 28.4 Å². The molecule has 0 aliphatic carbocycles. The number of hydrogen-bond acceptors (Lipinski definition) is 2. The molecule has 134 valence electrons.